The molecular weight excluding hydrogens is 188 g/mol. The van der Waals surface area contributed by atoms with Gasteiger partial charge in [-0.2, -0.15) is 13.5 Å². The van der Waals surface area contributed by atoms with Crippen LogP contribution in [-0.4, -0.2) is 11.8 Å². The summed E-state index contributed by atoms with van der Waals surface area (Å²) in [5.41, 5.74) is 10.2. The Morgan fingerprint density at radius 2 is 1.00 bits per heavy atom. The summed E-state index contributed by atoms with van der Waals surface area (Å²) in [6, 6.07) is 0. The third-order valence-electron chi connectivity index (χ3n) is 0.841. The van der Waals surface area contributed by atoms with E-state index in [4.69, 9.17) is 11.5 Å². The molecule has 0 bridgehead atoms. The summed E-state index contributed by atoms with van der Waals surface area (Å²) in [6.07, 6.45) is 0. The summed E-state index contributed by atoms with van der Waals surface area (Å²) < 4.78 is 0. The average Bonchev–Trinajstić information content (AvgIpc) is 1.88. The molecule has 0 heterocycles. The summed E-state index contributed by atoms with van der Waals surface area (Å²) in [6.45, 7) is 9.70. The standard InChI is InChI=1S/2C4H7NO.H2S/c2*1-3(2)4(5)6;/h2*1H2,2H3,(H2,5,6);1H2. The zero-order valence-corrected chi connectivity index (χ0v) is 8.89. The van der Waals surface area contributed by atoms with Crippen molar-refractivity contribution in [3.05, 3.63) is 24.3 Å². The molecule has 0 fully saturated rings. The number of hydrogen-bond acceptors (Lipinski definition) is 2. The summed E-state index contributed by atoms with van der Waals surface area (Å²) >= 11 is 0. The lowest BCUT2D eigenvalue weighted by molar-refractivity contribution is -0.115. The molecule has 0 saturated heterocycles. The molecule has 5 heteroatoms. The first-order chi connectivity index (χ1) is 5.29. The van der Waals surface area contributed by atoms with Crippen molar-refractivity contribution in [1.82, 2.24) is 0 Å². The molecule has 0 aliphatic carbocycles. The van der Waals surface area contributed by atoms with Crippen LogP contribution in [0.2, 0.25) is 0 Å². The Morgan fingerprint density at radius 3 is 1.00 bits per heavy atom. The normalized spacial score (nSPS) is 6.92. The molecule has 2 amide bonds. The number of hydrogen-bond donors (Lipinski definition) is 2. The molecule has 13 heavy (non-hydrogen) atoms. The van der Waals surface area contributed by atoms with E-state index >= 15 is 0 Å². The molecule has 4 nitrogen and oxygen atoms in total. The van der Waals surface area contributed by atoms with Gasteiger partial charge in [-0.15, -0.1) is 0 Å². The minimum Gasteiger partial charge on any atom is -0.366 e. The van der Waals surface area contributed by atoms with Crippen molar-refractivity contribution in [3.8, 4) is 0 Å². The first kappa shape index (κ1) is 17.8. The van der Waals surface area contributed by atoms with E-state index in [1.54, 1.807) is 13.8 Å². The lowest BCUT2D eigenvalue weighted by atomic mass is 10.3. The van der Waals surface area contributed by atoms with E-state index < -0.39 is 11.8 Å². The molecule has 0 radical (unpaired) electrons. The number of carbonyl (C=O) groups excluding carboxylic acids is 2. The van der Waals surface area contributed by atoms with E-state index in [0.717, 1.165) is 0 Å². The molecule has 0 spiro atoms. The lowest BCUT2D eigenvalue weighted by Crippen LogP contribution is -2.10. The molecule has 0 unspecified atom stereocenters. The van der Waals surface area contributed by atoms with E-state index in [0.29, 0.717) is 11.1 Å². The molecule has 0 aromatic rings. The highest BCUT2D eigenvalue weighted by molar-refractivity contribution is 7.59. The first-order valence-electron chi connectivity index (χ1n) is 3.19. The van der Waals surface area contributed by atoms with Crippen LogP contribution < -0.4 is 11.5 Å². The zero-order valence-electron chi connectivity index (χ0n) is 7.89. The summed E-state index contributed by atoms with van der Waals surface area (Å²) in [4.78, 5) is 19.6. The van der Waals surface area contributed by atoms with Gasteiger partial charge in [-0.3, -0.25) is 9.59 Å². The van der Waals surface area contributed by atoms with Gasteiger partial charge in [0.15, 0.2) is 0 Å². The third kappa shape index (κ3) is 18.1. The van der Waals surface area contributed by atoms with Gasteiger partial charge < -0.3 is 11.5 Å². The SMILES string of the molecule is C=C(C)C(N)=O.C=C(C)C(N)=O.S. The maximum atomic E-state index is 9.82. The molecule has 0 atom stereocenters. The van der Waals surface area contributed by atoms with Crippen molar-refractivity contribution in [2.24, 2.45) is 11.5 Å². The second-order valence-corrected chi connectivity index (χ2v) is 2.29. The molecule has 0 saturated carbocycles. The predicted molar refractivity (Wildman–Crippen MR) is 58.4 cm³/mol. The Hall–Kier alpha value is -1.23. The minimum atomic E-state index is -0.435. The van der Waals surface area contributed by atoms with Gasteiger partial charge in [0.1, 0.15) is 0 Å². The Labute approximate surface area is 85.1 Å². The number of nitrogens with two attached hydrogens (primary N) is 2. The molecule has 0 rings (SSSR count). The van der Waals surface area contributed by atoms with Crippen LogP contribution in [0.4, 0.5) is 0 Å². The lowest BCUT2D eigenvalue weighted by Gasteiger charge is -1.81. The topological polar surface area (TPSA) is 86.2 Å². The monoisotopic (exact) mass is 204 g/mol. The predicted octanol–water partition coefficient (Wildman–Crippen LogP) is 0.208. The number of primary amides is 2. The van der Waals surface area contributed by atoms with E-state index in [-0.39, 0.29) is 13.5 Å². The number of rotatable bonds is 2. The highest BCUT2D eigenvalue weighted by Crippen LogP contribution is 1.78. The van der Waals surface area contributed by atoms with Crippen LogP contribution in [0.3, 0.4) is 0 Å². The van der Waals surface area contributed by atoms with Crippen LogP contribution in [0.15, 0.2) is 24.3 Å². The first-order valence-corrected chi connectivity index (χ1v) is 3.19. The Bertz CT molecular complexity index is 176. The van der Waals surface area contributed by atoms with Crippen LogP contribution in [0.1, 0.15) is 13.8 Å². The number of carbonyl (C=O) groups is 2. The van der Waals surface area contributed by atoms with Crippen molar-refractivity contribution < 1.29 is 9.59 Å². The van der Waals surface area contributed by atoms with E-state index in [9.17, 15) is 9.59 Å². The molecule has 4 N–H and O–H groups in total. The van der Waals surface area contributed by atoms with Crippen LogP contribution in [-0.2, 0) is 9.59 Å². The van der Waals surface area contributed by atoms with Crippen LogP contribution in [0, 0.1) is 0 Å². The largest absolute Gasteiger partial charge is 0.366 e. The van der Waals surface area contributed by atoms with Crippen LogP contribution in [0.5, 0.6) is 0 Å². The van der Waals surface area contributed by atoms with E-state index in [1.807, 2.05) is 0 Å². The van der Waals surface area contributed by atoms with Gasteiger partial charge in [0.05, 0.1) is 0 Å². The fraction of sp³-hybridized carbons (Fsp3) is 0.250. The fourth-order valence-electron chi connectivity index (χ4n) is 0. The molecule has 0 aliphatic heterocycles. The van der Waals surface area contributed by atoms with Crippen molar-refractivity contribution in [2.75, 3.05) is 0 Å². The summed E-state index contributed by atoms with van der Waals surface area (Å²) in [5, 5.41) is 0. The minimum absolute atomic E-state index is 0. The van der Waals surface area contributed by atoms with Gasteiger partial charge in [0, 0.05) is 11.1 Å². The van der Waals surface area contributed by atoms with Gasteiger partial charge in [0.25, 0.3) is 0 Å². The second-order valence-electron chi connectivity index (χ2n) is 2.29. The van der Waals surface area contributed by atoms with Gasteiger partial charge in [-0.05, 0) is 13.8 Å². The summed E-state index contributed by atoms with van der Waals surface area (Å²) in [5.74, 6) is -0.870. The highest BCUT2D eigenvalue weighted by Gasteiger charge is 1.87. The smallest absolute Gasteiger partial charge is 0.243 e. The highest BCUT2D eigenvalue weighted by atomic mass is 32.1. The Kier molecular flexibility index (Phi) is 12.1. The average molecular weight is 204 g/mol. The second kappa shape index (κ2) is 8.86. The van der Waals surface area contributed by atoms with E-state index in [2.05, 4.69) is 13.2 Å². The molecular formula is C8H16N2O2S. The molecule has 0 aliphatic rings. The third-order valence-corrected chi connectivity index (χ3v) is 0.841. The maximum absolute atomic E-state index is 9.82. The van der Waals surface area contributed by atoms with E-state index in [1.165, 1.54) is 0 Å². The number of amides is 2. The zero-order chi connectivity index (χ0) is 10.3. The van der Waals surface area contributed by atoms with Crippen LogP contribution >= 0.6 is 13.5 Å². The van der Waals surface area contributed by atoms with Gasteiger partial charge >= 0.3 is 0 Å². The quantitative estimate of drug-likeness (QED) is 0.630. The van der Waals surface area contributed by atoms with Crippen molar-refractivity contribution in [1.29, 1.82) is 0 Å². The van der Waals surface area contributed by atoms with Gasteiger partial charge in [-0.1, -0.05) is 13.2 Å². The van der Waals surface area contributed by atoms with Crippen molar-refractivity contribution in [2.45, 2.75) is 13.8 Å². The van der Waals surface area contributed by atoms with Crippen molar-refractivity contribution in [3.63, 3.8) is 0 Å². The molecule has 0 aromatic carbocycles. The van der Waals surface area contributed by atoms with Crippen molar-refractivity contribution >= 4 is 25.3 Å². The van der Waals surface area contributed by atoms with Crippen LogP contribution in [0.25, 0.3) is 0 Å². The summed E-state index contributed by atoms with van der Waals surface area (Å²) in [7, 11) is 0. The van der Waals surface area contributed by atoms with Gasteiger partial charge in [0.2, 0.25) is 11.8 Å². The fourth-order valence-corrected chi connectivity index (χ4v) is 0. The van der Waals surface area contributed by atoms with Gasteiger partial charge in [-0.25, -0.2) is 0 Å². The Morgan fingerprint density at radius 1 is 0.923 bits per heavy atom. The molecule has 0 aromatic heterocycles. The Balaban J connectivity index is -0.000000143. The molecule has 76 valence electrons. The maximum Gasteiger partial charge on any atom is 0.243 e.